The highest BCUT2D eigenvalue weighted by molar-refractivity contribution is 9.10. The smallest absolute Gasteiger partial charge is 0.325 e. The monoisotopic (exact) mass is 418 g/mol. The van der Waals surface area contributed by atoms with Crippen molar-refractivity contribution in [2.75, 3.05) is 14.2 Å². The summed E-state index contributed by atoms with van der Waals surface area (Å²) in [5.41, 5.74) is 0.400. The van der Waals surface area contributed by atoms with Crippen LogP contribution >= 0.6 is 15.9 Å². The molecule has 1 saturated heterocycles. The number of hydrogen-bond acceptors (Lipinski definition) is 4. The minimum atomic E-state index is -1.08. The molecule has 6 nitrogen and oxygen atoms in total. The van der Waals surface area contributed by atoms with E-state index in [1.807, 2.05) is 30.3 Å². The summed E-state index contributed by atoms with van der Waals surface area (Å²) in [6, 6.07) is 12.3. The van der Waals surface area contributed by atoms with Crippen LogP contribution in [0.5, 0.6) is 11.5 Å². The molecule has 1 heterocycles. The summed E-state index contributed by atoms with van der Waals surface area (Å²) >= 11 is 3.48. The number of ether oxygens (including phenoxy) is 2. The van der Waals surface area contributed by atoms with E-state index < -0.39 is 11.6 Å². The van der Waals surface area contributed by atoms with Gasteiger partial charge in [0.05, 0.1) is 25.2 Å². The molecule has 0 spiro atoms. The van der Waals surface area contributed by atoms with Crippen molar-refractivity contribution in [3.05, 3.63) is 58.1 Å². The van der Waals surface area contributed by atoms with Gasteiger partial charge in [-0.2, -0.15) is 0 Å². The summed E-state index contributed by atoms with van der Waals surface area (Å²) in [6.45, 7) is 1.83. The Morgan fingerprint density at radius 2 is 1.77 bits per heavy atom. The van der Waals surface area contributed by atoms with Crippen LogP contribution in [-0.2, 0) is 16.9 Å². The molecule has 136 valence electrons. The molecule has 1 N–H and O–H groups in total. The van der Waals surface area contributed by atoms with Crippen molar-refractivity contribution in [2.24, 2.45) is 0 Å². The van der Waals surface area contributed by atoms with Gasteiger partial charge < -0.3 is 14.8 Å². The van der Waals surface area contributed by atoms with Gasteiger partial charge in [0.1, 0.15) is 5.54 Å². The lowest BCUT2D eigenvalue weighted by atomic mass is 9.92. The molecule has 1 fully saturated rings. The zero-order chi connectivity index (χ0) is 18.9. The third-order valence-corrected chi connectivity index (χ3v) is 5.39. The topological polar surface area (TPSA) is 67.9 Å². The van der Waals surface area contributed by atoms with E-state index in [2.05, 4.69) is 21.2 Å². The van der Waals surface area contributed by atoms with Crippen LogP contribution in [0.2, 0.25) is 0 Å². The maximum atomic E-state index is 13.0. The van der Waals surface area contributed by atoms with Crippen LogP contribution in [0.3, 0.4) is 0 Å². The Balaban J connectivity index is 1.92. The summed E-state index contributed by atoms with van der Waals surface area (Å²) in [5, 5.41) is 2.80. The number of amides is 3. The minimum Gasteiger partial charge on any atom is -0.493 e. The van der Waals surface area contributed by atoms with Crippen molar-refractivity contribution in [1.29, 1.82) is 0 Å². The number of nitrogens with zero attached hydrogens (tertiary/aromatic N) is 1. The van der Waals surface area contributed by atoms with Gasteiger partial charge in [-0.05, 0) is 40.0 Å². The predicted octanol–water partition coefficient (Wildman–Crippen LogP) is 3.43. The Morgan fingerprint density at radius 3 is 2.38 bits per heavy atom. The number of hydrogen-bond donors (Lipinski definition) is 1. The Bertz CT molecular complexity index is 856. The van der Waals surface area contributed by atoms with Gasteiger partial charge in [0.25, 0.3) is 5.91 Å². The first-order chi connectivity index (χ1) is 12.4. The second-order valence-corrected chi connectivity index (χ2v) is 6.88. The highest BCUT2D eigenvalue weighted by Crippen LogP contribution is 2.39. The van der Waals surface area contributed by atoms with E-state index in [-0.39, 0.29) is 12.5 Å². The molecule has 26 heavy (non-hydrogen) atoms. The molecule has 1 aliphatic rings. The molecule has 1 atom stereocenters. The fourth-order valence-electron chi connectivity index (χ4n) is 3.03. The molecule has 0 radical (unpaired) electrons. The summed E-state index contributed by atoms with van der Waals surface area (Å²) < 4.78 is 11.3. The van der Waals surface area contributed by atoms with Crippen molar-refractivity contribution in [2.45, 2.75) is 19.0 Å². The normalized spacial score (nSPS) is 19.5. The van der Waals surface area contributed by atoms with Crippen LogP contribution in [0.25, 0.3) is 0 Å². The van der Waals surface area contributed by atoms with Crippen molar-refractivity contribution >= 4 is 27.9 Å². The van der Waals surface area contributed by atoms with Gasteiger partial charge in [0, 0.05) is 0 Å². The second kappa shape index (κ2) is 6.99. The van der Waals surface area contributed by atoms with Crippen molar-refractivity contribution in [3.8, 4) is 11.5 Å². The van der Waals surface area contributed by atoms with Gasteiger partial charge in [-0.25, -0.2) is 4.79 Å². The SMILES string of the molecule is COc1ccc(CN2C(=O)NC(C)(c3ccccc3)C2=O)c(Br)c1OC. The van der Waals surface area contributed by atoms with Crippen molar-refractivity contribution < 1.29 is 19.1 Å². The fourth-order valence-corrected chi connectivity index (χ4v) is 3.65. The number of imide groups is 1. The summed E-state index contributed by atoms with van der Waals surface area (Å²) in [7, 11) is 3.08. The summed E-state index contributed by atoms with van der Waals surface area (Å²) in [5.74, 6) is 0.785. The number of rotatable bonds is 5. The summed E-state index contributed by atoms with van der Waals surface area (Å²) in [4.78, 5) is 26.7. The van der Waals surface area contributed by atoms with E-state index in [0.29, 0.717) is 16.0 Å². The molecular weight excluding hydrogens is 400 g/mol. The molecule has 1 aliphatic heterocycles. The third kappa shape index (κ3) is 2.92. The largest absolute Gasteiger partial charge is 0.493 e. The molecule has 0 aromatic heterocycles. The van der Waals surface area contributed by atoms with E-state index >= 15 is 0 Å². The molecular formula is C19H19BrN2O4. The highest BCUT2D eigenvalue weighted by atomic mass is 79.9. The molecule has 3 amide bonds. The van der Waals surface area contributed by atoms with Crippen LogP contribution < -0.4 is 14.8 Å². The van der Waals surface area contributed by atoms with E-state index in [4.69, 9.17) is 9.47 Å². The molecule has 0 bridgehead atoms. The minimum absolute atomic E-state index is 0.119. The Labute approximate surface area is 160 Å². The molecule has 1 unspecified atom stereocenters. The lowest BCUT2D eigenvalue weighted by molar-refractivity contribution is -0.131. The molecule has 2 aromatic carbocycles. The number of carbonyl (C=O) groups excluding carboxylic acids is 2. The molecule has 0 saturated carbocycles. The Morgan fingerprint density at radius 1 is 1.08 bits per heavy atom. The average molecular weight is 419 g/mol. The van der Waals surface area contributed by atoms with Crippen LogP contribution in [0.15, 0.2) is 46.9 Å². The van der Waals surface area contributed by atoms with Gasteiger partial charge in [-0.3, -0.25) is 9.69 Å². The maximum absolute atomic E-state index is 13.0. The maximum Gasteiger partial charge on any atom is 0.325 e. The van der Waals surface area contributed by atoms with Crippen LogP contribution in [-0.4, -0.2) is 31.1 Å². The molecule has 0 aliphatic carbocycles. The lowest BCUT2D eigenvalue weighted by Crippen LogP contribution is -2.40. The first-order valence-electron chi connectivity index (χ1n) is 8.01. The van der Waals surface area contributed by atoms with Crippen LogP contribution in [0.4, 0.5) is 4.79 Å². The van der Waals surface area contributed by atoms with Gasteiger partial charge >= 0.3 is 6.03 Å². The standard InChI is InChI=1S/C19H19BrN2O4/c1-19(13-7-5-4-6-8-13)17(23)22(18(24)21-19)11-12-9-10-14(25-2)16(26-3)15(12)20/h4-10H,11H2,1-3H3,(H,21,24). The lowest BCUT2D eigenvalue weighted by Gasteiger charge is -2.22. The number of benzene rings is 2. The average Bonchev–Trinajstić information content (AvgIpc) is 2.87. The van der Waals surface area contributed by atoms with Gasteiger partial charge in [0.2, 0.25) is 0 Å². The highest BCUT2D eigenvalue weighted by Gasteiger charge is 2.48. The molecule has 2 aromatic rings. The third-order valence-electron chi connectivity index (χ3n) is 4.52. The fraction of sp³-hybridized carbons (Fsp3) is 0.263. The number of methoxy groups -OCH3 is 2. The van der Waals surface area contributed by atoms with E-state index in [1.54, 1.807) is 26.2 Å². The number of carbonyl (C=O) groups is 2. The van der Waals surface area contributed by atoms with E-state index in [1.165, 1.54) is 12.0 Å². The zero-order valence-electron chi connectivity index (χ0n) is 14.7. The predicted molar refractivity (Wildman–Crippen MR) is 100 cm³/mol. The number of urea groups is 1. The van der Waals surface area contributed by atoms with E-state index in [9.17, 15) is 9.59 Å². The number of nitrogens with one attached hydrogen (secondary N) is 1. The first kappa shape index (κ1) is 18.3. The summed E-state index contributed by atoms with van der Waals surface area (Å²) in [6.07, 6.45) is 0. The van der Waals surface area contributed by atoms with Gasteiger partial charge in [-0.15, -0.1) is 0 Å². The van der Waals surface area contributed by atoms with Crippen molar-refractivity contribution in [3.63, 3.8) is 0 Å². The van der Waals surface area contributed by atoms with Gasteiger partial charge in [0.15, 0.2) is 11.5 Å². The number of halogens is 1. The van der Waals surface area contributed by atoms with E-state index in [0.717, 1.165) is 11.1 Å². The van der Waals surface area contributed by atoms with Crippen LogP contribution in [0, 0.1) is 0 Å². The Hall–Kier alpha value is -2.54. The van der Waals surface area contributed by atoms with Crippen LogP contribution in [0.1, 0.15) is 18.1 Å². The Kier molecular flexibility index (Phi) is 4.91. The second-order valence-electron chi connectivity index (χ2n) is 6.09. The molecule has 3 rings (SSSR count). The first-order valence-corrected chi connectivity index (χ1v) is 8.80. The zero-order valence-corrected chi connectivity index (χ0v) is 16.3. The molecule has 7 heteroatoms. The van der Waals surface area contributed by atoms with Crippen molar-refractivity contribution in [1.82, 2.24) is 10.2 Å². The quantitative estimate of drug-likeness (QED) is 0.755. The van der Waals surface area contributed by atoms with Gasteiger partial charge in [-0.1, -0.05) is 36.4 Å².